The lowest BCUT2D eigenvalue weighted by Crippen LogP contribution is -2.56. The Bertz CT molecular complexity index is 1780. The summed E-state index contributed by atoms with van der Waals surface area (Å²) in [5.74, 6) is 0.527. The largest absolute Gasteiger partial charge is 0.352 e. The Hall–Kier alpha value is -4.70. The molecule has 4 N–H and O–H groups in total. The van der Waals surface area contributed by atoms with Crippen molar-refractivity contribution in [1.82, 2.24) is 35.1 Å². The van der Waals surface area contributed by atoms with Crippen LogP contribution in [0.1, 0.15) is 5.56 Å². The van der Waals surface area contributed by atoms with Crippen molar-refractivity contribution in [2.24, 2.45) is 5.73 Å². The number of nitrogens with one attached hydrogen (secondary N) is 2. The molecule has 0 saturated carbocycles. The Labute approximate surface area is 210 Å². The standard InChI is InChI=1S/C27H22FN9/c1-14-2-15(4-17(28)3-14)21-8-30-10-24-19(21)6-22(33-24)26-20-5-16(7-32-27(20)36-35-26)23-9-31-11-25(34-23)37-12-18(29)13-37/h2-11,18,33H,12-13,29H2,1H3,(H,32,35,36). The van der Waals surface area contributed by atoms with Gasteiger partial charge in [0.25, 0.3) is 0 Å². The second kappa shape index (κ2) is 8.17. The highest BCUT2D eigenvalue weighted by molar-refractivity contribution is 6.00. The molecule has 0 atom stereocenters. The van der Waals surface area contributed by atoms with Gasteiger partial charge in [0.15, 0.2) is 5.65 Å². The van der Waals surface area contributed by atoms with Gasteiger partial charge < -0.3 is 15.6 Å². The highest BCUT2D eigenvalue weighted by atomic mass is 19.1. The van der Waals surface area contributed by atoms with E-state index in [1.165, 1.54) is 12.1 Å². The van der Waals surface area contributed by atoms with Gasteiger partial charge in [-0.3, -0.25) is 15.1 Å². The Kier molecular flexibility index (Phi) is 4.76. The zero-order chi connectivity index (χ0) is 25.1. The summed E-state index contributed by atoms with van der Waals surface area (Å²) < 4.78 is 14.1. The van der Waals surface area contributed by atoms with Crippen molar-refractivity contribution in [1.29, 1.82) is 0 Å². The number of H-pyrrole nitrogens is 2. The summed E-state index contributed by atoms with van der Waals surface area (Å²) in [6.07, 6.45) is 8.76. The first-order valence-corrected chi connectivity index (χ1v) is 11.9. The predicted molar refractivity (Wildman–Crippen MR) is 140 cm³/mol. The van der Waals surface area contributed by atoms with E-state index in [-0.39, 0.29) is 11.9 Å². The van der Waals surface area contributed by atoms with Crippen LogP contribution >= 0.6 is 0 Å². The number of aromatic amines is 2. The van der Waals surface area contributed by atoms with Crippen molar-refractivity contribution in [2.45, 2.75) is 13.0 Å². The van der Waals surface area contributed by atoms with Crippen LogP contribution in [0.25, 0.3) is 55.7 Å². The second-order valence-corrected chi connectivity index (χ2v) is 9.47. The number of rotatable bonds is 4. The van der Waals surface area contributed by atoms with Gasteiger partial charge in [0.1, 0.15) is 17.3 Å². The number of aryl methyl sites for hydroxylation is 1. The smallest absolute Gasteiger partial charge is 0.155 e. The van der Waals surface area contributed by atoms with Crippen LogP contribution in [0.4, 0.5) is 10.2 Å². The average Bonchev–Trinajstić information content (AvgIpc) is 3.49. The molecule has 0 amide bonds. The lowest BCUT2D eigenvalue weighted by molar-refractivity contribution is 0.514. The highest BCUT2D eigenvalue weighted by Crippen LogP contribution is 2.34. The highest BCUT2D eigenvalue weighted by Gasteiger charge is 2.25. The maximum absolute atomic E-state index is 14.1. The van der Waals surface area contributed by atoms with Gasteiger partial charge in [0.2, 0.25) is 0 Å². The number of pyridine rings is 2. The molecule has 1 aliphatic heterocycles. The molecule has 0 aliphatic carbocycles. The fourth-order valence-corrected chi connectivity index (χ4v) is 4.90. The van der Waals surface area contributed by atoms with Crippen molar-refractivity contribution in [2.75, 3.05) is 18.0 Å². The third-order valence-electron chi connectivity index (χ3n) is 6.72. The summed E-state index contributed by atoms with van der Waals surface area (Å²) in [6.45, 7) is 3.42. The number of halogens is 1. The van der Waals surface area contributed by atoms with E-state index in [4.69, 9.17) is 10.7 Å². The summed E-state index contributed by atoms with van der Waals surface area (Å²) in [7, 11) is 0. The Morgan fingerprint density at radius 2 is 1.81 bits per heavy atom. The minimum Gasteiger partial charge on any atom is -0.352 e. The van der Waals surface area contributed by atoms with E-state index >= 15 is 0 Å². The van der Waals surface area contributed by atoms with Crippen LogP contribution in [0.2, 0.25) is 0 Å². The number of fused-ring (bicyclic) bond motifs is 2. The molecule has 9 nitrogen and oxygen atoms in total. The van der Waals surface area contributed by atoms with Gasteiger partial charge in [0, 0.05) is 53.4 Å². The zero-order valence-electron chi connectivity index (χ0n) is 19.9. The molecule has 1 aromatic carbocycles. The number of benzene rings is 1. The molecule has 0 bridgehead atoms. The van der Waals surface area contributed by atoms with Gasteiger partial charge in [-0.25, -0.2) is 14.4 Å². The van der Waals surface area contributed by atoms with Gasteiger partial charge in [-0.15, -0.1) is 0 Å². The van der Waals surface area contributed by atoms with Crippen molar-refractivity contribution in [3.8, 4) is 33.8 Å². The minimum atomic E-state index is -0.274. The first-order valence-electron chi connectivity index (χ1n) is 11.9. The summed E-state index contributed by atoms with van der Waals surface area (Å²) in [5.41, 5.74) is 13.0. The maximum atomic E-state index is 14.1. The number of nitrogens with two attached hydrogens (primary N) is 1. The summed E-state index contributed by atoms with van der Waals surface area (Å²) in [5, 5.41) is 9.34. The predicted octanol–water partition coefficient (Wildman–Crippen LogP) is 4.22. The van der Waals surface area contributed by atoms with Crippen LogP contribution < -0.4 is 10.6 Å². The molecule has 6 aromatic rings. The normalized spacial score (nSPS) is 14.0. The van der Waals surface area contributed by atoms with Gasteiger partial charge in [-0.1, -0.05) is 6.07 Å². The molecule has 10 heteroatoms. The molecular formula is C27H22FN9. The van der Waals surface area contributed by atoms with Gasteiger partial charge in [0.05, 0.1) is 35.5 Å². The molecule has 0 spiro atoms. The van der Waals surface area contributed by atoms with E-state index in [0.717, 1.165) is 74.5 Å². The molecule has 1 aliphatic rings. The number of anilines is 1. The van der Waals surface area contributed by atoms with Crippen LogP contribution in [-0.4, -0.2) is 54.2 Å². The quantitative estimate of drug-likeness (QED) is 0.337. The first-order chi connectivity index (χ1) is 18.0. The molecule has 5 aromatic heterocycles. The van der Waals surface area contributed by atoms with Gasteiger partial charge in [-0.05, 0) is 42.3 Å². The monoisotopic (exact) mass is 491 g/mol. The molecule has 37 heavy (non-hydrogen) atoms. The number of hydrogen-bond donors (Lipinski definition) is 3. The third-order valence-corrected chi connectivity index (χ3v) is 6.72. The van der Waals surface area contributed by atoms with E-state index in [1.54, 1.807) is 31.0 Å². The van der Waals surface area contributed by atoms with Crippen LogP contribution in [0.3, 0.4) is 0 Å². The second-order valence-electron chi connectivity index (χ2n) is 9.47. The SMILES string of the molecule is Cc1cc(F)cc(-c2cncc3[nH]c(-c4n[nH]c5ncc(-c6cncc(N7CC(N)C7)n6)cc45)cc23)c1. The average molecular weight is 492 g/mol. The first kappa shape index (κ1) is 21.6. The van der Waals surface area contributed by atoms with E-state index in [0.29, 0.717) is 5.65 Å². The Morgan fingerprint density at radius 1 is 0.946 bits per heavy atom. The number of hydrogen-bond acceptors (Lipinski definition) is 7. The summed E-state index contributed by atoms with van der Waals surface area (Å²) in [6, 6.07) is 9.20. The van der Waals surface area contributed by atoms with Crippen molar-refractivity contribution in [3.63, 3.8) is 0 Å². The molecule has 6 heterocycles. The molecule has 0 radical (unpaired) electrons. The molecule has 182 valence electrons. The summed E-state index contributed by atoms with van der Waals surface area (Å²) in [4.78, 5) is 23.6. The van der Waals surface area contributed by atoms with E-state index in [1.807, 2.05) is 25.1 Å². The molecule has 1 saturated heterocycles. The molecule has 1 fully saturated rings. The van der Waals surface area contributed by atoms with Crippen molar-refractivity contribution >= 4 is 27.8 Å². The van der Waals surface area contributed by atoms with Crippen LogP contribution in [-0.2, 0) is 0 Å². The molecule has 0 unspecified atom stereocenters. The maximum Gasteiger partial charge on any atom is 0.155 e. The molecule has 7 rings (SSSR count). The zero-order valence-corrected chi connectivity index (χ0v) is 19.9. The fourth-order valence-electron chi connectivity index (χ4n) is 4.90. The van der Waals surface area contributed by atoms with Crippen LogP contribution in [0.15, 0.2) is 61.3 Å². The van der Waals surface area contributed by atoms with Gasteiger partial charge in [-0.2, -0.15) is 5.10 Å². The van der Waals surface area contributed by atoms with Crippen molar-refractivity contribution in [3.05, 3.63) is 72.7 Å². The minimum absolute atomic E-state index is 0.175. The fraction of sp³-hybridized carbons (Fsp3) is 0.148. The van der Waals surface area contributed by atoms with E-state index in [2.05, 4.69) is 35.0 Å². The Balaban J connectivity index is 1.31. The number of aromatic nitrogens is 7. The van der Waals surface area contributed by atoms with E-state index in [9.17, 15) is 4.39 Å². The van der Waals surface area contributed by atoms with Gasteiger partial charge >= 0.3 is 0 Å². The Morgan fingerprint density at radius 3 is 2.65 bits per heavy atom. The van der Waals surface area contributed by atoms with E-state index < -0.39 is 0 Å². The number of nitrogens with zero attached hydrogens (tertiary/aromatic N) is 6. The topological polar surface area (TPSA) is 125 Å². The van der Waals surface area contributed by atoms with Crippen LogP contribution in [0.5, 0.6) is 0 Å². The van der Waals surface area contributed by atoms with Crippen LogP contribution in [0, 0.1) is 12.7 Å². The lowest BCUT2D eigenvalue weighted by Gasteiger charge is -2.37. The summed E-state index contributed by atoms with van der Waals surface area (Å²) >= 11 is 0. The third kappa shape index (κ3) is 3.69. The lowest BCUT2D eigenvalue weighted by atomic mass is 10.0. The molecular weight excluding hydrogens is 469 g/mol. The van der Waals surface area contributed by atoms with Crippen molar-refractivity contribution < 1.29 is 4.39 Å².